The van der Waals surface area contributed by atoms with Crippen molar-refractivity contribution in [2.24, 2.45) is 0 Å². The first-order valence-corrected chi connectivity index (χ1v) is 5.34. The van der Waals surface area contributed by atoms with E-state index in [1.165, 1.54) is 0 Å². The Hall–Kier alpha value is -1.31. The lowest BCUT2D eigenvalue weighted by Crippen LogP contribution is -2.45. The van der Waals surface area contributed by atoms with E-state index >= 15 is 0 Å². The molecule has 0 unspecified atom stereocenters. The van der Waals surface area contributed by atoms with Crippen molar-refractivity contribution in [3.05, 3.63) is 35.9 Å². The zero-order valence-corrected chi connectivity index (χ0v) is 9.95. The van der Waals surface area contributed by atoms with Gasteiger partial charge >= 0.3 is 0 Å². The quantitative estimate of drug-likeness (QED) is 0.727. The van der Waals surface area contributed by atoms with E-state index in [-0.39, 0.29) is 11.4 Å². The molecule has 0 saturated carbocycles. The van der Waals surface area contributed by atoms with Gasteiger partial charge in [-0.3, -0.25) is 4.79 Å². The minimum Gasteiger partial charge on any atom is -0.334 e. The van der Waals surface area contributed by atoms with Crippen LogP contribution in [0.3, 0.4) is 0 Å². The van der Waals surface area contributed by atoms with E-state index in [4.69, 9.17) is 0 Å². The molecule has 1 aromatic carbocycles. The van der Waals surface area contributed by atoms with Gasteiger partial charge in [0.05, 0.1) is 0 Å². The predicted molar refractivity (Wildman–Crippen MR) is 62.9 cm³/mol. The van der Waals surface area contributed by atoms with Crippen LogP contribution in [0.25, 0.3) is 0 Å². The number of carbonyl (C=O) groups is 1. The highest BCUT2D eigenvalue weighted by Gasteiger charge is 2.25. The van der Waals surface area contributed by atoms with Crippen LogP contribution in [0.15, 0.2) is 30.3 Å². The normalized spacial score (nSPS) is 11.2. The lowest BCUT2D eigenvalue weighted by Gasteiger charge is -2.34. The zero-order chi connectivity index (χ0) is 11.5. The molecule has 0 aliphatic rings. The number of amides is 1. The van der Waals surface area contributed by atoms with E-state index < -0.39 is 0 Å². The van der Waals surface area contributed by atoms with Crippen LogP contribution in [0.4, 0.5) is 0 Å². The van der Waals surface area contributed by atoms with E-state index in [1.54, 1.807) is 0 Å². The summed E-state index contributed by atoms with van der Waals surface area (Å²) in [5.41, 5.74) is 0.635. The largest absolute Gasteiger partial charge is 0.334 e. The standard InChI is InChI=1S/C13H19NO/c1-5-14(13(2,3)4)12(15)11-9-7-6-8-10-11/h6-10H,5H2,1-4H3. The first kappa shape index (κ1) is 11.8. The van der Waals surface area contributed by atoms with Gasteiger partial charge in [-0.25, -0.2) is 0 Å². The second-order valence-corrected chi connectivity index (χ2v) is 4.59. The third kappa shape index (κ3) is 2.82. The molecule has 0 heterocycles. The molecule has 0 atom stereocenters. The summed E-state index contributed by atoms with van der Waals surface area (Å²) in [5, 5.41) is 0. The minimum absolute atomic E-state index is 0.102. The summed E-state index contributed by atoms with van der Waals surface area (Å²) in [6, 6.07) is 9.42. The summed E-state index contributed by atoms with van der Waals surface area (Å²) in [6.45, 7) is 8.90. The Bertz CT molecular complexity index is 324. The molecule has 1 amide bonds. The smallest absolute Gasteiger partial charge is 0.254 e. The van der Waals surface area contributed by atoms with Gasteiger partial charge < -0.3 is 4.90 Å². The second-order valence-electron chi connectivity index (χ2n) is 4.59. The zero-order valence-electron chi connectivity index (χ0n) is 9.95. The fraction of sp³-hybridized carbons (Fsp3) is 0.462. The van der Waals surface area contributed by atoms with E-state index in [2.05, 4.69) is 20.8 Å². The molecule has 0 radical (unpaired) electrons. The lowest BCUT2D eigenvalue weighted by atomic mass is 10.0. The molecular formula is C13H19NO. The summed E-state index contributed by atoms with van der Waals surface area (Å²) in [7, 11) is 0. The molecule has 0 fully saturated rings. The Morgan fingerprint density at radius 2 is 1.73 bits per heavy atom. The summed E-state index contributed by atoms with van der Waals surface area (Å²) in [6.07, 6.45) is 0. The van der Waals surface area contributed by atoms with Crippen LogP contribution in [0.1, 0.15) is 38.1 Å². The summed E-state index contributed by atoms with van der Waals surface area (Å²) < 4.78 is 0. The Balaban J connectivity index is 2.93. The molecular weight excluding hydrogens is 186 g/mol. The third-order valence-corrected chi connectivity index (χ3v) is 2.39. The SMILES string of the molecule is CCN(C(=O)c1ccccc1)C(C)(C)C. The van der Waals surface area contributed by atoms with Gasteiger partial charge in [0.15, 0.2) is 0 Å². The monoisotopic (exact) mass is 205 g/mol. The first-order chi connectivity index (χ1) is 6.96. The van der Waals surface area contributed by atoms with Crippen LogP contribution >= 0.6 is 0 Å². The van der Waals surface area contributed by atoms with Gasteiger partial charge in [0.2, 0.25) is 0 Å². The lowest BCUT2D eigenvalue weighted by molar-refractivity contribution is 0.0599. The summed E-state index contributed by atoms with van der Waals surface area (Å²) in [5.74, 6) is 0.102. The second kappa shape index (κ2) is 4.47. The maximum atomic E-state index is 12.1. The molecule has 1 rings (SSSR count). The molecule has 0 bridgehead atoms. The van der Waals surface area contributed by atoms with Gasteiger partial charge in [-0.1, -0.05) is 18.2 Å². The van der Waals surface area contributed by atoms with Gasteiger partial charge in [-0.05, 0) is 39.8 Å². The van der Waals surface area contributed by atoms with Crippen LogP contribution in [0.2, 0.25) is 0 Å². The Kier molecular flexibility index (Phi) is 3.51. The van der Waals surface area contributed by atoms with E-state index in [0.717, 1.165) is 12.1 Å². The summed E-state index contributed by atoms with van der Waals surface area (Å²) >= 11 is 0. The fourth-order valence-corrected chi connectivity index (χ4v) is 1.66. The van der Waals surface area contributed by atoms with Crippen LogP contribution in [0, 0.1) is 0 Å². The fourth-order valence-electron chi connectivity index (χ4n) is 1.66. The van der Waals surface area contributed by atoms with Crippen molar-refractivity contribution in [2.45, 2.75) is 33.2 Å². The highest BCUT2D eigenvalue weighted by molar-refractivity contribution is 5.94. The van der Waals surface area contributed by atoms with E-state index in [1.807, 2.05) is 42.2 Å². The van der Waals surface area contributed by atoms with Crippen molar-refractivity contribution in [3.63, 3.8) is 0 Å². The number of hydrogen-bond acceptors (Lipinski definition) is 1. The number of hydrogen-bond donors (Lipinski definition) is 0. The molecule has 0 aliphatic heterocycles. The van der Waals surface area contributed by atoms with Gasteiger partial charge in [0.1, 0.15) is 0 Å². The van der Waals surface area contributed by atoms with E-state index in [9.17, 15) is 4.79 Å². The van der Waals surface area contributed by atoms with Crippen LogP contribution < -0.4 is 0 Å². The molecule has 82 valence electrons. The predicted octanol–water partition coefficient (Wildman–Crippen LogP) is 2.95. The highest BCUT2D eigenvalue weighted by atomic mass is 16.2. The van der Waals surface area contributed by atoms with Crippen molar-refractivity contribution < 1.29 is 4.79 Å². The van der Waals surface area contributed by atoms with Crippen molar-refractivity contribution >= 4 is 5.91 Å². The van der Waals surface area contributed by atoms with Crippen LogP contribution in [-0.2, 0) is 0 Å². The van der Waals surface area contributed by atoms with Gasteiger partial charge in [-0.2, -0.15) is 0 Å². The van der Waals surface area contributed by atoms with Gasteiger partial charge in [0.25, 0.3) is 5.91 Å². The van der Waals surface area contributed by atoms with Crippen molar-refractivity contribution in [3.8, 4) is 0 Å². The molecule has 0 spiro atoms. The maximum absolute atomic E-state index is 12.1. The topological polar surface area (TPSA) is 20.3 Å². The molecule has 2 heteroatoms. The minimum atomic E-state index is -0.123. The average Bonchev–Trinajstić information content (AvgIpc) is 2.18. The van der Waals surface area contributed by atoms with Crippen molar-refractivity contribution in [2.75, 3.05) is 6.54 Å². The third-order valence-electron chi connectivity index (χ3n) is 2.39. The van der Waals surface area contributed by atoms with Crippen molar-refractivity contribution in [1.82, 2.24) is 4.90 Å². The maximum Gasteiger partial charge on any atom is 0.254 e. The van der Waals surface area contributed by atoms with E-state index in [0.29, 0.717) is 0 Å². The molecule has 0 aromatic heterocycles. The summed E-state index contributed by atoms with van der Waals surface area (Å²) in [4.78, 5) is 14.0. The van der Waals surface area contributed by atoms with Gasteiger partial charge in [-0.15, -0.1) is 0 Å². The number of benzene rings is 1. The molecule has 2 nitrogen and oxygen atoms in total. The average molecular weight is 205 g/mol. The molecule has 0 N–H and O–H groups in total. The number of carbonyl (C=O) groups excluding carboxylic acids is 1. The van der Waals surface area contributed by atoms with Crippen molar-refractivity contribution in [1.29, 1.82) is 0 Å². The molecule has 1 aromatic rings. The Morgan fingerprint density at radius 1 is 1.20 bits per heavy atom. The highest BCUT2D eigenvalue weighted by Crippen LogP contribution is 2.16. The molecule has 0 aliphatic carbocycles. The Morgan fingerprint density at radius 3 is 2.13 bits per heavy atom. The molecule has 15 heavy (non-hydrogen) atoms. The van der Waals surface area contributed by atoms with Crippen LogP contribution in [0.5, 0.6) is 0 Å². The van der Waals surface area contributed by atoms with Gasteiger partial charge in [0, 0.05) is 17.6 Å². The first-order valence-electron chi connectivity index (χ1n) is 5.34. The van der Waals surface area contributed by atoms with Crippen LogP contribution in [-0.4, -0.2) is 22.9 Å². The molecule has 0 saturated heterocycles. The number of rotatable bonds is 2. The Labute approximate surface area is 91.9 Å². The number of nitrogens with zero attached hydrogens (tertiary/aromatic N) is 1.